The van der Waals surface area contributed by atoms with Crippen LogP contribution in [0.2, 0.25) is 0 Å². The average Bonchev–Trinajstić information content (AvgIpc) is 2.95. The normalized spacial score (nSPS) is 10.3. The molecule has 128 valence electrons. The maximum absolute atomic E-state index is 12.2. The third kappa shape index (κ3) is 4.55. The van der Waals surface area contributed by atoms with E-state index in [0.29, 0.717) is 28.8 Å². The number of nitrogens with zero attached hydrogens (tertiary/aromatic N) is 2. The first-order chi connectivity index (χ1) is 11.5. The summed E-state index contributed by atoms with van der Waals surface area (Å²) in [4.78, 5) is 30.5. The van der Waals surface area contributed by atoms with Gasteiger partial charge in [0.05, 0.1) is 5.69 Å². The number of hydrogen-bond donors (Lipinski definition) is 1. The summed E-state index contributed by atoms with van der Waals surface area (Å²) in [5, 5.41) is 3.12. The lowest BCUT2D eigenvalue weighted by Crippen LogP contribution is -2.34. The van der Waals surface area contributed by atoms with Crippen molar-refractivity contribution < 1.29 is 14.3 Å². The lowest BCUT2D eigenvalue weighted by molar-refractivity contribution is 0.0477. The van der Waals surface area contributed by atoms with Gasteiger partial charge in [0.15, 0.2) is 5.13 Å². The molecule has 0 aliphatic carbocycles. The van der Waals surface area contributed by atoms with Gasteiger partial charge in [-0.05, 0) is 26.3 Å². The number of carbonyl (C=O) groups is 2. The zero-order valence-electron chi connectivity index (χ0n) is 14.0. The molecular formula is C17H21N3O3S. The number of urea groups is 1. The van der Waals surface area contributed by atoms with Crippen LogP contribution in [-0.2, 0) is 11.3 Å². The molecule has 0 unspecified atom stereocenters. The van der Waals surface area contributed by atoms with Gasteiger partial charge < -0.3 is 9.64 Å². The predicted molar refractivity (Wildman–Crippen MR) is 94.4 cm³/mol. The van der Waals surface area contributed by atoms with E-state index in [4.69, 9.17) is 4.74 Å². The Morgan fingerprint density at radius 1 is 1.21 bits per heavy atom. The number of esters is 1. The molecular weight excluding hydrogens is 326 g/mol. The van der Waals surface area contributed by atoms with E-state index in [1.165, 1.54) is 0 Å². The van der Waals surface area contributed by atoms with Crippen molar-refractivity contribution in [1.29, 1.82) is 0 Å². The Labute approximate surface area is 145 Å². The third-order valence-corrected chi connectivity index (χ3v) is 4.51. The summed E-state index contributed by atoms with van der Waals surface area (Å²) < 4.78 is 5.31. The molecule has 0 saturated carbocycles. The van der Waals surface area contributed by atoms with Crippen LogP contribution in [0.1, 0.15) is 34.8 Å². The van der Waals surface area contributed by atoms with Gasteiger partial charge in [-0.25, -0.2) is 14.6 Å². The molecule has 1 aromatic heterocycles. The van der Waals surface area contributed by atoms with E-state index in [-0.39, 0.29) is 12.6 Å². The number of aryl methyl sites for hydroxylation is 1. The maximum atomic E-state index is 12.2. The van der Waals surface area contributed by atoms with E-state index in [1.807, 2.05) is 44.2 Å². The molecule has 0 atom stereocenters. The standard InChI is InChI=1S/C17H21N3O3S/c1-4-20(5-2)17(22)19-16-18-12(3)14(24-16)15(21)23-11-13-9-7-6-8-10-13/h6-10H,4-5,11H2,1-3H3,(H,18,19,22). The number of benzene rings is 1. The summed E-state index contributed by atoms with van der Waals surface area (Å²) >= 11 is 1.13. The Kier molecular flexibility index (Phi) is 6.31. The molecule has 0 aliphatic heterocycles. The van der Waals surface area contributed by atoms with Gasteiger partial charge in [0.25, 0.3) is 0 Å². The Hall–Kier alpha value is -2.41. The van der Waals surface area contributed by atoms with Crippen LogP contribution in [0.5, 0.6) is 0 Å². The first-order valence-electron chi connectivity index (χ1n) is 7.79. The molecule has 6 nitrogen and oxygen atoms in total. The molecule has 2 rings (SSSR count). The summed E-state index contributed by atoms with van der Waals surface area (Å²) in [6.07, 6.45) is 0. The number of anilines is 1. The molecule has 0 bridgehead atoms. The molecule has 1 aromatic carbocycles. The minimum absolute atomic E-state index is 0.207. The van der Waals surface area contributed by atoms with E-state index in [1.54, 1.807) is 11.8 Å². The second-order valence-electron chi connectivity index (χ2n) is 5.10. The van der Waals surface area contributed by atoms with E-state index in [2.05, 4.69) is 10.3 Å². The molecule has 1 N–H and O–H groups in total. The van der Waals surface area contributed by atoms with Crippen LogP contribution < -0.4 is 5.32 Å². The highest BCUT2D eigenvalue weighted by atomic mass is 32.1. The lowest BCUT2D eigenvalue weighted by atomic mass is 10.2. The number of amides is 2. The number of aromatic nitrogens is 1. The van der Waals surface area contributed by atoms with Crippen molar-refractivity contribution >= 4 is 28.5 Å². The number of rotatable bonds is 6. The Balaban J connectivity index is 2.00. The number of nitrogens with one attached hydrogen (secondary N) is 1. The zero-order valence-corrected chi connectivity index (χ0v) is 14.9. The van der Waals surface area contributed by atoms with Gasteiger partial charge in [-0.2, -0.15) is 0 Å². The van der Waals surface area contributed by atoms with Gasteiger partial charge in [0, 0.05) is 13.1 Å². The summed E-state index contributed by atoms with van der Waals surface area (Å²) in [5.74, 6) is -0.433. The molecule has 2 amide bonds. The Morgan fingerprint density at radius 2 is 1.88 bits per heavy atom. The van der Waals surface area contributed by atoms with Crippen molar-refractivity contribution in [2.24, 2.45) is 0 Å². The molecule has 24 heavy (non-hydrogen) atoms. The number of thiazole rings is 1. The number of ether oxygens (including phenoxy) is 1. The second-order valence-corrected chi connectivity index (χ2v) is 6.10. The van der Waals surface area contributed by atoms with Gasteiger partial charge in [0.1, 0.15) is 11.5 Å². The van der Waals surface area contributed by atoms with Crippen LogP contribution in [0.3, 0.4) is 0 Å². The Bertz CT molecular complexity index is 696. The van der Waals surface area contributed by atoms with E-state index in [9.17, 15) is 9.59 Å². The summed E-state index contributed by atoms with van der Waals surface area (Å²) in [6, 6.07) is 9.25. The molecule has 0 fully saturated rings. The lowest BCUT2D eigenvalue weighted by Gasteiger charge is -2.17. The summed E-state index contributed by atoms with van der Waals surface area (Å²) in [5.41, 5.74) is 1.47. The summed E-state index contributed by atoms with van der Waals surface area (Å²) in [7, 11) is 0. The second kappa shape index (κ2) is 8.44. The van der Waals surface area contributed by atoms with Crippen LogP contribution in [0, 0.1) is 6.92 Å². The van der Waals surface area contributed by atoms with Crippen molar-refractivity contribution in [3.63, 3.8) is 0 Å². The van der Waals surface area contributed by atoms with Crippen molar-refractivity contribution in [2.45, 2.75) is 27.4 Å². The van der Waals surface area contributed by atoms with Crippen LogP contribution in [0.4, 0.5) is 9.93 Å². The highest BCUT2D eigenvalue weighted by Gasteiger charge is 2.19. The van der Waals surface area contributed by atoms with Crippen molar-refractivity contribution in [3.05, 3.63) is 46.5 Å². The smallest absolute Gasteiger partial charge is 0.350 e. The van der Waals surface area contributed by atoms with Crippen molar-refractivity contribution in [3.8, 4) is 0 Å². The van der Waals surface area contributed by atoms with Crippen LogP contribution >= 0.6 is 11.3 Å². The fourth-order valence-electron chi connectivity index (χ4n) is 2.11. The molecule has 2 aromatic rings. The quantitative estimate of drug-likeness (QED) is 0.809. The minimum Gasteiger partial charge on any atom is -0.457 e. The monoisotopic (exact) mass is 347 g/mol. The largest absolute Gasteiger partial charge is 0.457 e. The number of carbonyl (C=O) groups excluding carboxylic acids is 2. The molecule has 0 saturated heterocycles. The molecule has 0 aliphatic rings. The van der Waals surface area contributed by atoms with Gasteiger partial charge in [-0.1, -0.05) is 41.7 Å². The molecule has 1 heterocycles. The number of hydrogen-bond acceptors (Lipinski definition) is 5. The minimum atomic E-state index is -0.433. The van der Waals surface area contributed by atoms with E-state index < -0.39 is 5.97 Å². The van der Waals surface area contributed by atoms with Gasteiger partial charge in [0.2, 0.25) is 0 Å². The summed E-state index contributed by atoms with van der Waals surface area (Å²) in [6.45, 7) is 6.96. The van der Waals surface area contributed by atoms with Crippen molar-refractivity contribution in [2.75, 3.05) is 18.4 Å². The van der Waals surface area contributed by atoms with E-state index >= 15 is 0 Å². The SMILES string of the molecule is CCN(CC)C(=O)Nc1nc(C)c(C(=O)OCc2ccccc2)s1. The van der Waals surface area contributed by atoms with Crippen LogP contribution in [0.25, 0.3) is 0 Å². The maximum Gasteiger partial charge on any atom is 0.350 e. The highest BCUT2D eigenvalue weighted by Crippen LogP contribution is 2.24. The van der Waals surface area contributed by atoms with Gasteiger partial charge in [-0.3, -0.25) is 5.32 Å². The van der Waals surface area contributed by atoms with Gasteiger partial charge in [-0.15, -0.1) is 0 Å². The highest BCUT2D eigenvalue weighted by molar-refractivity contribution is 7.17. The average molecular weight is 347 g/mol. The third-order valence-electron chi connectivity index (χ3n) is 3.46. The first kappa shape index (κ1) is 17.9. The topological polar surface area (TPSA) is 71.5 Å². The predicted octanol–water partition coefficient (Wildman–Crippen LogP) is 3.68. The zero-order chi connectivity index (χ0) is 17.5. The fourth-order valence-corrected chi connectivity index (χ4v) is 2.96. The molecule has 0 spiro atoms. The molecule has 0 radical (unpaired) electrons. The van der Waals surface area contributed by atoms with Crippen LogP contribution in [0.15, 0.2) is 30.3 Å². The Morgan fingerprint density at radius 3 is 2.50 bits per heavy atom. The van der Waals surface area contributed by atoms with E-state index in [0.717, 1.165) is 16.9 Å². The molecule has 7 heteroatoms. The van der Waals surface area contributed by atoms with Crippen molar-refractivity contribution in [1.82, 2.24) is 9.88 Å². The fraction of sp³-hybridized carbons (Fsp3) is 0.353. The van der Waals surface area contributed by atoms with Crippen LogP contribution in [-0.4, -0.2) is 35.0 Å². The van der Waals surface area contributed by atoms with Gasteiger partial charge >= 0.3 is 12.0 Å². The first-order valence-corrected chi connectivity index (χ1v) is 8.61.